The molecule has 3 N–H and O–H groups in total. The van der Waals surface area contributed by atoms with Crippen molar-refractivity contribution >= 4 is 19.2 Å². The Morgan fingerprint density at radius 1 is 0.944 bits per heavy atom. The van der Waals surface area contributed by atoms with E-state index in [-0.39, 0.29) is 26.4 Å². The van der Waals surface area contributed by atoms with Gasteiger partial charge in [-0.3, -0.25) is 14.0 Å². The predicted octanol–water partition coefficient (Wildman–Crippen LogP) is 8.91. The minimum Gasteiger partial charge on any atom is -0.382 e. The molecule has 0 saturated carbocycles. The topological polar surface area (TPSA) is 176 Å². The van der Waals surface area contributed by atoms with Crippen LogP contribution in [0.15, 0.2) is 36.9 Å². The number of hydrogen-bond acceptors (Lipinski definition) is 11. The smallest absolute Gasteiger partial charge is 0.382 e. The number of ether oxygens (including phenoxy) is 3. The third kappa shape index (κ3) is 18.1. The van der Waals surface area contributed by atoms with Crippen LogP contribution in [-0.2, 0) is 40.9 Å². The second-order valence-electron chi connectivity index (χ2n) is 14.5. The molecule has 0 radical (unpaired) electrons. The number of nitrogens with zero attached hydrogens (tertiary/aromatic N) is 5. The summed E-state index contributed by atoms with van der Waals surface area (Å²) in [5.41, 5.74) is 7.77. The predicted molar refractivity (Wildman–Crippen MR) is 211 cm³/mol. The van der Waals surface area contributed by atoms with Crippen molar-refractivity contribution in [1.29, 1.82) is 5.26 Å². The highest BCUT2D eigenvalue weighted by molar-refractivity contribution is 7.47. The standard InChI is InChI=1S/C40H65N6O7P/c1-4-5-6-7-8-9-10-11-12-13-14-15-16-17-18-19-24-50-30-37(51-29-35-25-34(26-41)27-43-28-35)31-52-54(47,48)53-32-40(2,49-3)23-22-36-20-21-38-39(42)44-33-45-46(36)38/h20-21,25,27-28,33,37H,4-19,22-24,29-32H2,1-3H3,(H,47,48)(H2,42,44,45)/t37-,40+/m1/s1. The van der Waals surface area contributed by atoms with Gasteiger partial charge < -0.3 is 24.8 Å². The number of phosphoric acid groups is 1. The van der Waals surface area contributed by atoms with Gasteiger partial charge >= 0.3 is 7.82 Å². The lowest BCUT2D eigenvalue weighted by atomic mass is 10.00. The molecule has 3 heterocycles. The van der Waals surface area contributed by atoms with Crippen molar-refractivity contribution in [3.8, 4) is 6.07 Å². The van der Waals surface area contributed by atoms with Gasteiger partial charge in [0.25, 0.3) is 0 Å². The molecule has 14 heteroatoms. The van der Waals surface area contributed by atoms with Crippen LogP contribution in [0.25, 0.3) is 5.52 Å². The van der Waals surface area contributed by atoms with E-state index in [9.17, 15) is 14.7 Å². The first kappa shape index (κ1) is 45.4. The molecule has 0 amide bonds. The second-order valence-corrected chi connectivity index (χ2v) is 15.9. The summed E-state index contributed by atoms with van der Waals surface area (Å²) in [4.78, 5) is 18.7. The zero-order chi connectivity index (χ0) is 38.9. The average molecular weight is 773 g/mol. The number of hydrogen-bond donors (Lipinski definition) is 2. The Morgan fingerprint density at radius 2 is 1.59 bits per heavy atom. The zero-order valence-electron chi connectivity index (χ0n) is 33.0. The number of nitrogen functional groups attached to an aromatic ring is 1. The van der Waals surface area contributed by atoms with Gasteiger partial charge in [-0.1, -0.05) is 103 Å². The number of pyridine rings is 1. The first-order chi connectivity index (χ1) is 26.2. The maximum Gasteiger partial charge on any atom is 0.472 e. The SMILES string of the molecule is CCCCCCCCCCCCCCCCCCOC[C@H](COP(=O)(O)OC[C@](C)(CCc1ccc2c(N)ncnn12)OC)OCc1cncc(C#N)c1. The van der Waals surface area contributed by atoms with Crippen molar-refractivity contribution in [2.75, 3.05) is 39.3 Å². The van der Waals surface area contributed by atoms with Crippen LogP contribution in [0.5, 0.6) is 0 Å². The Bertz CT molecular complexity index is 1550. The molecule has 13 nitrogen and oxygen atoms in total. The minimum absolute atomic E-state index is 0.127. The van der Waals surface area contributed by atoms with Crippen molar-refractivity contribution in [1.82, 2.24) is 19.6 Å². The van der Waals surface area contributed by atoms with E-state index in [1.165, 1.54) is 110 Å². The van der Waals surface area contributed by atoms with Gasteiger partial charge in [0.2, 0.25) is 0 Å². The van der Waals surface area contributed by atoms with Crippen LogP contribution in [0.2, 0.25) is 0 Å². The number of phosphoric ester groups is 1. The van der Waals surface area contributed by atoms with Crippen LogP contribution in [0, 0.1) is 11.3 Å². The molecule has 1 unspecified atom stereocenters. The molecule has 0 aliphatic carbocycles. The van der Waals surface area contributed by atoms with Crippen molar-refractivity contribution in [3.05, 3.63) is 53.7 Å². The third-order valence-electron chi connectivity index (χ3n) is 9.78. The summed E-state index contributed by atoms with van der Waals surface area (Å²) in [5, 5.41) is 13.5. The van der Waals surface area contributed by atoms with Crippen molar-refractivity contribution in [2.45, 2.75) is 148 Å². The Hall–Kier alpha value is -2.95. The average Bonchev–Trinajstić information content (AvgIpc) is 3.61. The first-order valence-corrected chi connectivity index (χ1v) is 21.5. The van der Waals surface area contributed by atoms with Gasteiger partial charge in [0.05, 0.1) is 37.6 Å². The van der Waals surface area contributed by atoms with E-state index in [1.54, 1.807) is 23.7 Å². The quantitative estimate of drug-likeness (QED) is 0.0456. The summed E-state index contributed by atoms with van der Waals surface area (Å²) < 4.78 is 43.2. The molecule has 0 saturated heterocycles. The van der Waals surface area contributed by atoms with E-state index in [0.29, 0.717) is 41.9 Å². The molecule has 3 aromatic heterocycles. The Kier molecular flexibility index (Phi) is 21.9. The summed E-state index contributed by atoms with van der Waals surface area (Å²) in [6.07, 6.45) is 25.7. The molecular formula is C40H65N6O7P. The van der Waals surface area contributed by atoms with Crippen molar-refractivity contribution in [2.24, 2.45) is 0 Å². The van der Waals surface area contributed by atoms with Gasteiger partial charge in [-0.25, -0.2) is 14.1 Å². The molecule has 0 fully saturated rings. The molecule has 3 rings (SSSR count). The fraction of sp³-hybridized carbons (Fsp3) is 0.700. The first-order valence-electron chi connectivity index (χ1n) is 20.0. The molecule has 302 valence electrons. The zero-order valence-corrected chi connectivity index (χ0v) is 33.9. The maximum absolute atomic E-state index is 13.0. The fourth-order valence-corrected chi connectivity index (χ4v) is 7.07. The number of fused-ring (bicyclic) bond motifs is 1. The lowest BCUT2D eigenvalue weighted by Gasteiger charge is -2.29. The normalized spacial score (nSPS) is 14.5. The summed E-state index contributed by atoms with van der Waals surface area (Å²) in [6.45, 7) is 4.49. The van der Waals surface area contributed by atoms with Gasteiger partial charge in [-0.2, -0.15) is 10.4 Å². The number of aryl methyl sites for hydroxylation is 1. The number of aromatic nitrogens is 4. The van der Waals surface area contributed by atoms with E-state index < -0.39 is 19.5 Å². The maximum atomic E-state index is 13.0. The van der Waals surface area contributed by atoms with E-state index in [4.69, 9.17) is 29.0 Å². The molecule has 3 atom stereocenters. The number of methoxy groups -OCH3 is 1. The number of anilines is 1. The molecule has 0 bridgehead atoms. The molecule has 0 aliphatic heterocycles. The summed E-state index contributed by atoms with van der Waals surface area (Å²) >= 11 is 0. The fourth-order valence-electron chi connectivity index (χ4n) is 6.21. The van der Waals surface area contributed by atoms with Crippen LogP contribution < -0.4 is 5.73 Å². The van der Waals surface area contributed by atoms with E-state index in [2.05, 4.69) is 28.1 Å². The second kappa shape index (κ2) is 26.0. The van der Waals surface area contributed by atoms with Crippen LogP contribution in [0.4, 0.5) is 5.82 Å². The highest BCUT2D eigenvalue weighted by atomic mass is 31.2. The molecule has 54 heavy (non-hydrogen) atoms. The van der Waals surface area contributed by atoms with Gasteiger partial charge in [0, 0.05) is 31.8 Å². The number of nitriles is 1. The van der Waals surface area contributed by atoms with Crippen LogP contribution in [0.1, 0.15) is 140 Å². The van der Waals surface area contributed by atoms with E-state index in [0.717, 1.165) is 18.5 Å². The molecule has 0 spiro atoms. The van der Waals surface area contributed by atoms with Gasteiger partial charge in [0.1, 0.15) is 24.0 Å². The van der Waals surface area contributed by atoms with Gasteiger partial charge in [0.15, 0.2) is 5.82 Å². The summed E-state index contributed by atoms with van der Waals surface area (Å²) in [7, 11) is -2.96. The Morgan fingerprint density at radius 3 is 2.22 bits per heavy atom. The molecular weight excluding hydrogens is 707 g/mol. The summed E-state index contributed by atoms with van der Waals surface area (Å²) in [5.74, 6) is 0.382. The highest BCUT2D eigenvalue weighted by Gasteiger charge is 2.31. The van der Waals surface area contributed by atoms with Crippen LogP contribution >= 0.6 is 7.82 Å². The number of unbranched alkanes of at least 4 members (excludes halogenated alkanes) is 15. The number of nitrogens with two attached hydrogens (primary N) is 1. The Labute approximate surface area is 322 Å². The van der Waals surface area contributed by atoms with Gasteiger partial charge in [-0.15, -0.1) is 0 Å². The minimum atomic E-state index is -4.49. The van der Waals surface area contributed by atoms with Crippen molar-refractivity contribution < 1.29 is 32.7 Å². The molecule has 0 aliphatic rings. The Balaban J connectivity index is 1.36. The lowest BCUT2D eigenvalue weighted by Crippen LogP contribution is -2.34. The monoisotopic (exact) mass is 772 g/mol. The molecule has 3 aromatic rings. The molecule has 0 aromatic carbocycles. The van der Waals surface area contributed by atoms with E-state index >= 15 is 0 Å². The van der Waals surface area contributed by atoms with Gasteiger partial charge in [-0.05, 0) is 49.9 Å². The summed E-state index contributed by atoms with van der Waals surface area (Å²) in [6, 6.07) is 7.51. The number of rotatable bonds is 32. The lowest BCUT2D eigenvalue weighted by molar-refractivity contribution is -0.0616. The van der Waals surface area contributed by atoms with Crippen molar-refractivity contribution in [3.63, 3.8) is 0 Å². The van der Waals surface area contributed by atoms with E-state index in [1.807, 2.05) is 12.1 Å². The highest BCUT2D eigenvalue weighted by Crippen LogP contribution is 2.44. The largest absolute Gasteiger partial charge is 0.472 e. The third-order valence-corrected chi connectivity index (χ3v) is 10.7. The van der Waals surface area contributed by atoms with Crippen LogP contribution in [0.3, 0.4) is 0 Å². The van der Waals surface area contributed by atoms with Crippen LogP contribution in [-0.4, -0.2) is 69.7 Å².